The van der Waals surface area contributed by atoms with Crippen LogP contribution in [0.4, 0.5) is 0 Å². The van der Waals surface area contributed by atoms with Crippen LogP contribution in [0.3, 0.4) is 0 Å². The number of carbonyl (C=O) groups is 1. The van der Waals surface area contributed by atoms with Gasteiger partial charge in [0.2, 0.25) is 5.91 Å². The van der Waals surface area contributed by atoms with Gasteiger partial charge < -0.3 is 11.1 Å². The largest absolute Gasteiger partial charge is 0.349 e. The molecule has 0 spiro atoms. The van der Waals surface area contributed by atoms with Gasteiger partial charge in [0.25, 0.3) is 0 Å². The Morgan fingerprint density at radius 2 is 2.24 bits per heavy atom. The van der Waals surface area contributed by atoms with Crippen LogP contribution in [0, 0.1) is 0 Å². The first-order valence-corrected chi connectivity index (χ1v) is 6.51. The average Bonchev–Trinajstić information content (AvgIpc) is 2.30. The van der Waals surface area contributed by atoms with Crippen molar-refractivity contribution in [2.45, 2.75) is 23.8 Å². The van der Waals surface area contributed by atoms with Crippen LogP contribution in [-0.4, -0.2) is 18.2 Å². The van der Waals surface area contributed by atoms with E-state index in [1.807, 2.05) is 23.9 Å². The number of rotatable bonds is 3. The number of halogens is 1. The van der Waals surface area contributed by atoms with Gasteiger partial charge in [0.15, 0.2) is 0 Å². The highest BCUT2D eigenvalue weighted by Crippen LogP contribution is 2.35. The minimum atomic E-state index is 0. The number of amides is 1. The van der Waals surface area contributed by atoms with E-state index in [9.17, 15) is 4.79 Å². The number of nitrogens with two attached hydrogens (primary N) is 1. The molecule has 0 saturated heterocycles. The van der Waals surface area contributed by atoms with E-state index in [1.165, 1.54) is 10.5 Å². The molecule has 1 amide bonds. The second kappa shape index (κ2) is 6.89. The maximum absolute atomic E-state index is 11.5. The van der Waals surface area contributed by atoms with Gasteiger partial charge in [-0.05, 0) is 18.1 Å². The molecule has 0 fully saturated rings. The average molecular weight is 273 g/mol. The third-order valence-corrected chi connectivity index (χ3v) is 3.79. The van der Waals surface area contributed by atoms with Crippen molar-refractivity contribution in [3.05, 3.63) is 29.8 Å². The van der Waals surface area contributed by atoms with E-state index in [-0.39, 0.29) is 24.4 Å². The lowest BCUT2D eigenvalue weighted by Crippen LogP contribution is -2.31. The topological polar surface area (TPSA) is 55.1 Å². The second-order valence-corrected chi connectivity index (χ2v) is 4.97. The van der Waals surface area contributed by atoms with Crippen molar-refractivity contribution in [3.8, 4) is 0 Å². The molecule has 0 aromatic heterocycles. The van der Waals surface area contributed by atoms with Crippen LogP contribution in [-0.2, 0) is 4.79 Å². The van der Waals surface area contributed by atoms with Crippen LogP contribution >= 0.6 is 24.2 Å². The molecule has 0 bridgehead atoms. The Morgan fingerprint density at radius 1 is 1.47 bits per heavy atom. The maximum atomic E-state index is 11.5. The van der Waals surface area contributed by atoms with Crippen molar-refractivity contribution >= 4 is 30.1 Å². The normalized spacial score (nSPS) is 17.8. The summed E-state index contributed by atoms with van der Waals surface area (Å²) < 4.78 is 0. The molecule has 1 aromatic carbocycles. The van der Waals surface area contributed by atoms with Gasteiger partial charge in [-0.1, -0.05) is 18.2 Å². The molecule has 5 heteroatoms. The Hall–Kier alpha value is -0.710. The molecule has 0 saturated carbocycles. The first-order valence-electron chi connectivity index (χ1n) is 5.52. The molecule has 2 rings (SSSR count). The van der Waals surface area contributed by atoms with E-state index in [1.54, 1.807) is 0 Å². The van der Waals surface area contributed by atoms with Gasteiger partial charge in [0.1, 0.15) is 0 Å². The minimum absolute atomic E-state index is 0. The fourth-order valence-electron chi connectivity index (χ4n) is 1.89. The summed E-state index contributed by atoms with van der Waals surface area (Å²) in [5.41, 5.74) is 6.60. The Morgan fingerprint density at radius 3 is 3.00 bits per heavy atom. The molecule has 3 nitrogen and oxygen atoms in total. The highest BCUT2D eigenvalue weighted by Gasteiger charge is 2.21. The number of nitrogens with one attached hydrogen (secondary N) is 1. The van der Waals surface area contributed by atoms with Crippen molar-refractivity contribution < 1.29 is 4.79 Å². The molecule has 1 atom stereocenters. The van der Waals surface area contributed by atoms with Gasteiger partial charge in [0.05, 0.1) is 6.04 Å². The summed E-state index contributed by atoms with van der Waals surface area (Å²) in [4.78, 5) is 12.8. The van der Waals surface area contributed by atoms with Crippen LogP contribution in [0.5, 0.6) is 0 Å². The number of fused-ring (bicyclic) bond motifs is 1. The predicted molar refractivity (Wildman–Crippen MR) is 73.6 cm³/mol. The van der Waals surface area contributed by atoms with Crippen LogP contribution < -0.4 is 11.1 Å². The standard InChI is InChI=1S/C12H16N2OS.ClH/c13-7-5-12(15)14-10-6-8-16-11-4-2-1-3-9(10)11;/h1-4,10H,5-8,13H2,(H,14,15);1H. The lowest BCUT2D eigenvalue weighted by Gasteiger charge is -2.25. The number of thioether (sulfide) groups is 1. The van der Waals surface area contributed by atoms with E-state index in [0.29, 0.717) is 13.0 Å². The van der Waals surface area contributed by atoms with E-state index in [4.69, 9.17) is 5.73 Å². The molecule has 0 aliphatic carbocycles. The number of hydrogen-bond acceptors (Lipinski definition) is 3. The molecule has 17 heavy (non-hydrogen) atoms. The molecule has 1 aromatic rings. The van der Waals surface area contributed by atoms with Crippen molar-refractivity contribution in [2.75, 3.05) is 12.3 Å². The van der Waals surface area contributed by atoms with Crippen LogP contribution in [0.1, 0.15) is 24.4 Å². The third-order valence-electron chi connectivity index (χ3n) is 2.67. The Balaban J connectivity index is 0.00000144. The second-order valence-electron chi connectivity index (χ2n) is 3.83. The van der Waals surface area contributed by atoms with Crippen molar-refractivity contribution in [2.24, 2.45) is 5.73 Å². The summed E-state index contributed by atoms with van der Waals surface area (Å²) in [7, 11) is 0. The molecular weight excluding hydrogens is 256 g/mol. The van der Waals surface area contributed by atoms with Crippen LogP contribution in [0.15, 0.2) is 29.2 Å². The highest BCUT2D eigenvalue weighted by molar-refractivity contribution is 7.99. The first-order chi connectivity index (χ1) is 7.81. The fourth-order valence-corrected chi connectivity index (χ4v) is 3.01. The highest BCUT2D eigenvalue weighted by atomic mass is 35.5. The molecule has 1 heterocycles. The SMILES string of the molecule is Cl.NCCC(=O)NC1CCSc2ccccc21. The van der Waals surface area contributed by atoms with Gasteiger partial charge >= 0.3 is 0 Å². The summed E-state index contributed by atoms with van der Waals surface area (Å²) in [6.45, 7) is 0.412. The number of hydrogen-bond donors (Lipinski definition) is 2. The number of carbonyl (C=O) groups excluding carboxylic acids is 1. The van der Waals surface area contributed by atoms with Crippen molar-refractivity contribution in [3.63, 3.8) is 0 Å². The Labute approximate surface area is 112 Å². The lowest BCUT2D eigenvalue weighted by atomic mass is 10.0. The van der Waals surface area contributed by atoms with Gasteiger partial charge in [-0.3, -0.25) is 4.79 Å². The Bertz CT molecular complexity index is 387. The molecule has 1 aliphatic rings. The summed E-state index contributed by atoms with van der Waals surface area (Å²) in [5, 5.41) is 3.04. The van der Waals surface area contributed by atoms with E-state index < -0.39 is 0 Å². The summed E-state index contributed by atoms with van der Waals surface area (Å²) in [5.74, 6) is 1.11. The minimum Gasteiger partial charge on any atom is -0.349 e. The molecular formula is C12H17ClN2OS. The predicted octanol–water partition coefficient (Wildman–Crippen LogP) is 2.11. The zero-order valence-electron chi connectivity index (χ0n) is 9.52. The lowest BCUT2D eigenvalue weighted by molar-refractivity contribution is -0.121. The summed E-state index contributed by atoms with van der Waals surface area (Å²) in [6, 6.07) is 8.43. The molecule has 1 unspecified atom stereocenters. The maximum Gasteiger partial charge on any atom is 0.221 e. The Kier molecular flexibility index (Phi) is 5.82. The molecule has 0 radical (unpaired) electrons. The zero-order chi connectivity index (χ0) is 11.4. The van der Waals surface area contributed by atoms with E-state index in [2.05, 4.69) is 17.4 Å². The third kappa shape index (κ3) is 3.63. The van der Waals surface area contributed by atoms with Gasteiger partial charge in [-0.2, -0.15) is 0 Å². The smallest absolute Gasteiger partial charge is 0.221 e. The summed E-state index contributed by atoms with van der Waals surface area (Å²) in [6.07, 6.45) is 1.41. The van der Waals surface area contributed by atoms with Gasteiger partial charge in [-0.25, -0.2) is 0 Å². The van der Waals surface area contributed by atoms with Crippen LogP contribution in [0.2, 0.25) is 0 Å². The zero-order valence-corrected chi connectivity index (χ0v) is 11.2. The van der Waals surface area contributed by atoms with Crippen molar-refractivity contribution in [1.29, 1.82) is 0 Å². The quantitative estimate of drug-likeness (QED) is 0.886. The van der Waals surface area contributed by atoms with Crippen molar-refractivity contribution in [1.82, 2.24) is 5.32 Å². The van der Waals surface area contributed by atoms with E-state index in [0.717, 1.165) is 12.2 Å². The van der Waals surface area contributed by atoms with Gasteiger partial charge in [0, 0.05) is 23.6 Å². The molecule has 3 N–H and O–H groups in total. The molecule has 1 aliphatic heterocycles. The fraction of sp³-hybridized carbons (Fsp3) is 0.417. The van der Waals surface area contributed by atoms with E-state index >= 15 is 0 Å². The van der Waals surface area contributed by atoms with Crippen LogP contribution in [0.25, 0.3) is 0 Å². The number of benzene rings is 1. The first kappa shape index (κ1) is 14.4. The summed E-state index contributed by atoms with van der Waals surface area (Å²) >= 11 is 1.86. The molecule has 94 valence electrons. The van der Waals surface area contributed by atoms with Gasteiger partial charge in [-0.15, -0.1) is 24.2 Å². The monoisotopic (exact) mass is 272 g/mol.